The number of rotatable bonds is 5. The minimum atomic E-state index is -0.882. The van der Waals surface area contributed by atoms with Crippen LogP contribution in [0.2, 0.25) is 10.0 Å². The highest BCUT2D eigenvalue weighted by Crippen LogP contribution is 2.23. The van der Waals surface area contributed by atoms with Gasteiger partial charge >= 0.3 is 0 Å². The third kappa shape index (κ3) is 5.15. The maximum Gasteiger partial charge on any atom is 0.244 e. The van der Waals surface area contributed by atoms with E-state index in [4.69, 9.17) is 23.2 Å². The predicted molar refractivity (Wildman–Crippen MR) is 87.7 cm³/mol. The summed E-state index contributed by atoms with van der Waals surface area (Å²) in [6.07, 6.45) is 5.45. The number of carbonyl (C=O) groups is 1. The minimum Gasteiger partial charge on any atom is -0.387 e. The van der Waals surface area contributed by atoms with Crippen molar-refractivity contribution in [1.82, 2.24) is 10.3 Å². The van der Waals surface area contributed by atoms with Crippen LogP contribution >= 0.6 is 23.2 Å². The summed E-state index contributed by atoms with van der Waals surface area (Å²) in [7, 11) is 0. The Morgan fingerprint density at radius 1 is 1.32 bits per heavy atom. The van der Waals surface area contributed by atoms with Crippen LogP contribution in [0.15, 0.2) is 48.8 Å². The third-order valence-corrected chi connectivity index (χ3v) is 3.29. The number of halogens is 2. The summed E-state index contributed by atoms with van der Waals surface area (Å²) in [6, 6.07) is 8.41. The molecular weight excluding hydrogens is 323 g/mol. The summed E-state index contributed by atoms with van der Waals surface area (Å²) >= 11 is 11.7. The number of hydrogen-bond donors (Lipinski definition) is 2. The van der Waals surface area contributed by atoms with Crippen LogP contribution in [0.4, 0.5) is 0 Å². The highest BCUT2D eigenvalue weighted by molar-refractivity contribution is 6.34. The zero-order valence-corrected chi connectivity index (χ0v) is 13.1. The molecule has 0 saturated heterocycles. The maximum absolute atomic E-state index is 11.7. The van der Waals surface area contributed by atoms with Gasteiger partial charge in [-0.2, -0.15) is 0 Å². The monoisotopic (exact) mass is 336 g/mol. The van der Waals surface area contributed by atoms with Gasteiger partial charge < -0.3 is 10.4 Å². The first-order valence-corrected chi connectivity index (χ1v) is 7.30. The van der Waals surface area contributed by atoms with Crippen LogP contribution in [0.3, 0.4) is 0 Å². The molecule has 0 bridgehead atoms. The Bertz CT molecular complexity index is 655. The second-order valence-electron chi connectivity index (χ2n) is 4.58. The Labute approximate surface area is 138 Å². The number of amides is 1. The van der Waals surface area contributed by atoms with Gasteiger partial charge in [-0.1, -0.05) is 29.3 Å². The van der Waals surface area contributed by atoms with Gasteiger partial charge in [-0.3, -0.25) is 9.78 Å². The number of nitrogens with one attached hydrogen (secondary N) is 1. The highest BCUT2D eigenvalue weighted by atomic mass is 35.5. The Morgan fingerprint density at radius 2 is 2.05 bits per heavy atom. The van der Waals surface area contributed by atoms with Gasteiger partial charge in [0, 0.05) is 35.1 Å². The molecule has 114 valence electrons. The van der Waals surface area contributed by atoms with Crippen LogP contribution in [-0.2, 0) is 4.79 Å². The van der Waals surface area contributed by atoms with Gasteiger partial charge in [0.25, 0.3) is 0 Å². The summed E-state index contributed by atoms with van der Waals surface area (Å²) < 4.78 is 0. The van der Waals surface area contributed by atoms with Crippen LogP contribution in [0.1, 0.15) is 17.2 Å². The van der Waals surface area contributed by atoms with Crippen LogP contribution in [0.25, 0.3) is 6.08 Å². The highest BCUT2D eigenvalue weighted by Gasteiger charge is 2.10. The zero-order valence-electron chi connectivity index (χ0n) is 11.5. The standard InChI is InChI=1S/C16H14Cl2N2O2/c17-13-6-12(7-14(18)8-13)15(21)10-20-16(22)4-3-11-2-1-5-19-9-11/h1-9,15,21H,10H2,(H,20,22)/b4-3+/t15-/m1/s1. The van der Waals surface area contributed by atoms with Crippen molar-refractivity contribution in [2.75, 3.05) is 6.54 Å². The van der Waals surface area contributed by atoms with Gasteiger partial charge in [-0.25, -0.2) is 0 Å². The Morgan fingerprint density at radius 3 is 2.68 bits per heavy atom. The maximum atomic E-state index is 11.7. The van der Waals surface area contributed by atoms with E-state index < -0.39 is 6.10 Å². The number of aliphatic hydroxyl groups is 1. The average molecular weight is 337 g/mol. The van der Waals surface area contributed by atoms with Crippen LogP contribution in [0, 0.1) is 0 Å². The number of aromatic nitrogens is 1. The molecule has 1 heterocycles. The normalized spacial score (nSPS) is 12.3. The summed E-state index contributed by atoms with van der Waals surface area (Å²) in [5.41, 5.74) is 1.37. The van der Waals surface area contributed by atoms with Gasteiger partial charge in [0.15, 0.2) is 0 Å². The number of carbonyl (C=O) groups excluding carboxylic acids is 1. The van der Waals surface area contributed by atoms with Gasteiger partial charge in [0.05, 0.1) is 6.10 Å². The molecule has 1 amide bonds. The molecule has 0 spiro atoms. The van der Waals surface area contributed by atoms with Crippen molar-refractivity contribution in [3.63, 3.8) is 0 Å². The van der Waals surface area contributed by atoms with Crippen molar-refractivity contribution in [3.05, 3.63) is 70.0 Å². The largest absolute Gasteiger partial charge is 0.387 e. The van der Waals surface area contributed by atoms with Gasteiger partial charge in [0.2, 0.25) is 5.91 Å². The lowest BCUT2D eigenvalue weighted by atomic mass is 10.1. The van der Waals surface area contributed by atoms with Crippen molar-refractivity contribution < 1.29 is 9.90 Å². The molecular formula is C16H14Cl2N2O2. The average Bonchev–Trinajstić information content (AvgIpc) is 2.50. The van der Waals surface area contributed by atoms with Gasteiger partial charge in [-0.15, -0.1) is 0 Å². The molecule has 22 heavy (non-hydrogen) atoms. The van der Waals surface area contributed by atoms with Crippen molar-refractivity contribution in [3.8, 4) is 0 Å². The van der Waals surface area contributed by atoms with Crippen molar-refractivity contribution in [1.29, 1.82) is 0 Å². The first kappa shape index (κ1) is 16.5. The number of aliphatic hydroxyl groups excluding tert-OH is 1. The Kier molecular flexibility index (Phi) is 5.95. The minimum absolute atomic E-state index is 0.0624. The van der Waals surface area contributed by atoms with Gasteiger partial charge in [-0.05, 0) is 41.5 Å². The molecule has 2 aromatic rings. The van der Waals surface area contributed by atoms with E-state index in [9.17, 15) is 9.90 Å². The van der Waals surface area contributed by atoms with E-state index in [0.29, 0.717) is 15.6 Å². The number of benzene rings is 1. The van der Waals surface area contributed by atoms with E-state index in [1.165, 1.54) is 6.08 Å². The van der Waals surface area contributed by atoms with E-state index in [0.717, 1.165) is 5.56 Å². The molecule has 1 aromatic carbocycles. The first-order valence-electron chi connectivity index (χ1n) is 6.54. The molecule has 0 saturated carbocycles. The molecule has 1 atom stereocenters. The quantitative estimate of drug-likeness (QED) is 0.824. The lowest BCUT2D eigenvalue weighted by molar-refractivity contribution is -0.116. The predicted octanol–water partition coefficient (Wildman–Crippen LogP) is 3.25. The molecule has 0 aliphatic rings. The smallest absolute Gasteiger partial charge is 0.244 e. The lowest BCUT2D eigenvalue weighted by Gasteiger charge is -2.12. The molecule has 0 aliphatic heterocycles. The number of pyridine rings is 1. The van der Waals surface area contributed by atoms with Crippen LogP contribution in [0.5, 0.6) is 0 Å². The number of hydrogen-bond acceptors (Lipinski definition) is 3. The molecule has 0 unspecified atom stereocenters. The van der Waals surface area contributed by atoms with Crippen molar-refractivity contribution in [2.24, 2.45) is 0 Å². The Balaban J connectivity index is 1.89. The molecule has 1 aromatic heterocycles. The summed E-state index contributed by atoms with van der Waals surface area (Å²) in [5, 5.41) is 13.5. The van der Waals surface area contributed by atoms with E-state index in [1.807, 2.05) is 6.07 Å². The zero-order chi connectivity index (χ0) is 15.9. The van der Waals surface area contributed by atoms with E-state index in [2.05, 4.69) is 10.3 Å². The summed E-state index contributed by atoms with van der Waals surface area (Å²) in [6.45, 7) is 0.0624. The fourth-order valence-electron chi connectivity index (χ4n) is 1.79. The lowest BCUT2D eigenvalue weighted by Crippen LogP contribution is -2.26. The van der Waals surface area contributed by atoms with Gasteiger partial charge in [0.1, 0.15) is 0 Å². The second kappa shape index (κ2) is 7.94. The SMILES string of the molecule is O=C(/C=C/c1cccnc1)NC[C@@H](O)c1cc(Cl)cc(Cl)c1. The summed E-state index contributed by atoms with van der Waals surface area (Å²) in [4.78, 5) is 15.6. The van der Waals surface area contributed by atoms with E-state index in [-0.39, 0.29) is 12.5 Å². The topological polar surface area (TPSA) is 62.2 Å². The fourth-order valence-corrected chi connectivity index (χ4v) is 2.33. The van der Waals surface area contributed by atoms with Crippen LogP contribution < -0.4 is 5.32 Å². The van der Waals surface area contributed by atoms with Crippen LogP contribution in [-0.4, -0.2) is 22.5 Å². The fraction of sp³-hybridized carbons (Fsp3) is 0.125. The van der Waals surface area contributed by atoms with Crippen molar-refractivity contribution in [2.45, 2.75) is 6.10 Å². The molecule has 0 aliphatic carbocycles. The molecule has 0 radical (unpaired) electrons. The third-order valence-electron chi connectivity index (χ3n) is 2.85. The Hall–Kier alpha value is -1.88. The molecule has 6 heteroatoms. The molecule has 0 fully saturated rings. The molecule has 4 nitrogen and oxygen atoms in total. The van der Waals surface area contributed by atoms with E-state index in [1.54, 1.807) is 42.7 Å². The summed E-state index contributed by atoms with van der Waals surface area (Å²) in [5.74, 6) is -0.309. The second-order valence-corrected chi connectivity index (χ2v) is 5.46. The van der Waals surface area contributed by atoms with Crippen molar-refractivity contribution >= 4 is 35.2 Å². The first-order chi connectivity index (χ1) is 10.5. The molecule has 2 rings (SSSR count). The number of nitrogens with zero attached hydrogens (tertiary/aromatic N) is 1. The molecule has 2 N–H and O–H groups in total. The van der Waals surface area contributed by atoms with E-state index >= 15 is 0 Å².